The number of nitrogen functional groups attached to an aromatic ring is 1. The quantitative estimate of drug-likeness (QED) is 0.452. The van der Waals surface area contributed by atoms with Gasteiger partial charge in [-0.25, -0.2) is 14.8 Å². The first-order valence-electron chi connectivity index (χ1n) is 9.57. The van der Waals surface area contributed by atoms with Crippen molar-refractivity contribution < 1.29 is 9.90 Å². The van der Waals surface area contributed by atoms with E-state index in [1.165, 1.54) is 4.57 Å². The maximum absolute atomic E-state index is 13.5. The zero-order valence-electron chi connectivity index (χ0n) is 16.9. The first-order valence-corrected chi connectivity index (χ1v) is 9.57. The van der Waals surface area contributed by atoms with Crippen LogP contribution in [-0.4, -0.2) is 30.6 Å². The Balaban J connectivity index is 1.92. The van der Waals surface area contributed by atoms with E-state index in [-0.39, 0.29) is 22.9 Å². The van der Waals surface area contributed by atoms with Crippen LogP contribution >= 0.6 is 0 Å². The smallest absolute Gasteiger partial charge is 0.341 e. The minimum Gasteiger partial charge on any atom is -0.477 e. The molecule has 0 aliphatic rings. The number of carbonyl (C=O) groups is 1. The summed E-state index contributed by atoms with van der Waals surface area (Å²) >= 11 is 0. The summed E-state index contributed by atoms with van der Waals surface area (Å²) in [6, 6.07) is 14.1. The minimum absolute atomic E-state index is 0.0469. The number of benzene rings is 2. The van der Waals surface area contributed by atoms with Crippen molar-refractivity contribution in [3.8, 4) is 5.69 Å². The number of nitrogens with one attached hydrogen (secondary N) is 1. The largest absolute Gasteiger partial charge is 0.477 e. The number of aromatic nitrogens is 4. The molecule has 0 saturated carbocycles. The van der Waals surface area contributed by atoms with Crippen LogP contribution in [0.15, 0.2) is 59.5 Å². The molecule has 0 bridgehead atoms. The summed E-state index contributed by atoms with van der Waals surface area (Å²) in [7, 11) is 0. The molecule has 2 heterocycles. The van der Waals surface area contributed by atoms with Gasteiger partial charge in [-0.15, -0.1) is 0 Å². The van der Waals surface area contributed by atoms with Crippen molar-refractivity contribution in [1.29, 1.82) is 0 Å². The van der Waals surface area contributed by atoms with Crippen molar-refractivity contribution in [1.82, 2.24) is 19.5 Å². The van der Waals surface area contributed by atoms with Gasteiger partial charge in [-0.2, -0.15) is 4.98 Å². The van der Waals surface area contributed by atoms with Gasteiger partial charge in [0.2, 0.25) is 5.95 Å². The summed E-state index contributed by atoms with van der Waals surface area (Å²) < 4.78 is 1.53. The van der Waals surface area contributed by atoms with E-state index in [9.17, 15) is 14.7 Å². The maximum atomic E-state index is 13.5. The Kier molecular flexibility index (Phi) is 5.08. The van der Waals surface area contributed by atoms with Crippen LogP contribution in [0.1, 0.15) is 34.7 Å². The summed E-state index contributed by atoms with van der Waals surface area (Å²) in [5.74, 6) is -0.812. The fourth-order valence-corrected chi connectivity index (χ4v) is 3.46. The summed E-state index contributed by atoms with van der Waals surface area (Å²) in [6.45, 7) is 3.64. The Morgan fingerprint density at radius 1 is 1.13 bits per heavy atom. The molecule has 0 aliphatic carbocycles. The number of nitrogens with zero attached hydrogens (tertiary/aromatic N) is 4. The molecule has 4 aromatic rings. The van der Waals surface area contributed by atoms with Crippen LogP contribution in [0.5, 0.6) is 0 Å². The van der Waals surface area contributed by atoms with E-state index in [0.29, 0.717) is 22.4 Å². The molecule has 2 aromatic heterocycles. The first kappa shape index (κ1) is 20.0. The summed E-state index contributed by atoms with van der Waals surface area (Å²) in [6.07, 6.45) is 1.14. The highest BCUT2D eigenvalue weighted by atomic mass is 16.4. The lowest BCUT2D eigenvalue weighted by Crippen LogP contribution is -2.28. The summed E-state index contributed by atoms with van der Waals surface area (Å²) in [5.41, 5.74) is 7.34. The van der Waals surface area contributed by atoms with Crippen LogP contribution in [-0.2, 0) is 0 Å². The third-order valence-corrected chi connectivity index (χ3v) is 4.92. The summed E-state index contributed by atoms with van der Waals surface area (Å²) in [5, 5.41) is 13.0. The predicted molar refractivity (Wildman–Crippen MR) is 118 cm³/mol. The highest BCUT2D eigenvalue weighted by Crippen LogP contribution is 2.24. The number of hydrogen-bond acceptors (Lipinski definition) is 7. The maximum Gasteiger partial charge on any atom is 0.341 e. The van der Waals surface area contributed by atoms with Gasteiger partial charge in [0.1, 0.15) is 17.2 Å². The number of hydrogen-bond donors (Lipinski definition) is 3. The Hall–Kier alpha value is -4.27. The topological polar surface area (TPSA) is 136 Å². The number of carboxylic acids is 1. The Morgan fingerprint density at radius 3 is 2.58 bits per heavy atom. The average Bonchev–Trinajstić information content (AvgIpc) is 2.74. The Bertz CT molecular complexity index is 1350. The molecule has 2 aromatic carbocycles. The molecule has 0 unspecified atom stereocenters. The second kappa shape index (κ2) is 7.86. The molecule has 0 spiro atoms. The van der Waals surface area contributed by atoms with Crippen molar-refractivity contribution in [2.24, 2.45) is 0 Å². The average molecular weight is 416 g/mol. The van der Waals surface area contributed by atoms with Gasteiger partial charge < -0.3 is 16.2 Å². The molecule has 1 atom stereocenters. The molecule has 31 heavy (non-hydrogen) atoms. The number of aryl methyl sites for hydroxylation is 1. The van der Waals surface area contributed by atoms with Gasteiger partial charge in [-0.1, -0.05) is 30.3 Å². The first-order chi connectivity index (χ1) is 14.9. The molecule has 156 valence electrons. The number of nitrogens with two attached hydrogens (primary N) is 1. The van der Waals surface area contributed by atoms with Crippen LogP contribution in [0.4, 0.5) is 11.8 Å². The third-order valence-electron chi connectivity index (χ3n) is 4.92. The second-order valence-corrected chi connectivity index (χ2v) is 7.08. The van der Waals surface area contributed by atoms with Crippen LogP contribution in [0.3, 0.4) is 0 Å². The van der Waals surface area contributed by atoms with Gasteiger partial charge >= 0.3 is 5.97 Å². The van der Waals surface area contributed by atoms with Crippen molar-refractivity contribution in [3.63, 3.8) is 0 Å². The fraction of sp³-hybridized carbons (Fsp3) is 0.136. The molecule has 0 fully saturated rings. The van der Waals surface area contributed by atoms with Crippen LogP contribution in [0.25, 0.3) is 16.6 Å². The van der Waals surface area contributed by atoms with Crippen molar-refractivity contribution in [3.05, 3.63) is 82.0 Å². The minimum atomic E-state index is -1.20. The zero-order chi connectivity index (χ0) is 22.1. The van der Waals surface area contributed by atoms with Gasteiger partial charge in [0.05, 0.1) is 22.6 Å². The van der Waals surface area contributed by atoms with Crippen LogP contribution in [0, 0.1) is 6.92 Å². The number of anilines is 2. The third kappa shape index (κ3) is 3.68. The highest BCUT2D eigenvalue weighted by Gasteiger charge is 2.21. The fourth-order valence-electron chi connectivity index (χ4n) is 3.46. The van der Waals surface area contributed by atoms with E-state index in [4.69, 9.17) is 10.7 Å². The normalized spacial score (nSPS) is 11.9. The number of aromatic carboxylic acids is 1. The zero-order valence-corrected chi connectivity index (χ0v) is 16.9. The molecule has 9 heteroatoms. The monoisotopic (exact) mass is 416 g/mol. The SMILES string of the molecule is Cc1cccc2nc([C@@H](C)Nc3nc(N)ncc3C(=O)O)n(-c3ccccc3)c(=O)c12. The van der Waals surface area contributed by atoms with Crippen molar-refractivity contribution >= 4 is 28.6 Å². The molecular weight excluding hydrogens is 396 g/mol. The molecule has 9 nitrogen and oxygen atoms in total. The predicted octanol–water partition coefficient (Wildman–Crippen LogP) is 2.94. The van der Waals surface area contributed by atoms with Crippen molar-refractivity contribution in [2.75, 3.05) is 11.1 Å². The van der Waals surface area contributed by atoms with Crippen LogP contribution in [0.2, 0.25) is 0 Å². The van der Waals surface area contributed by atoms with Crippen molar-refractivity contribution in [2.45, 2.75) is 19.9 Å². The Morgan fingerprint density at radius 2 is 1.87 bits per heavy atom. The number of carboxylic acid groups (broad SMARTS) is 1. The van der Waals surface area contributed by atoms with Crippen LogP contribution < -0.4 is 16.6 Å². The second-order valence-electron chi connectivity index (χ2n) is 7.08. The Labute approximate surface area is 177 Å². The van der Waals surface area contributed by atoms with E-state index >= 15 is 0 Å². The lowest BCUT2D eigenvalue weighted by molar-refractivity contribution is 0.0697. The van der Waals surface area contributed by atoms with Gasteiger partial charge in [-0.3, -0.25) is 9.36 Å². The van der Waals surface area contributed by atoms with E-state index in [2.05, 4.69) is 15.3 Å². The molecule has 4 rings (SSSR count). The number of fused-ring (bicyclic) bond motifs is 1. The van der Waals surface area contributed by atoms with E-state index in [1.807, 2.05) is 49.4 Å². The lowest BCUT2D eigenvalue weighted by atomic mass is 10.1. The van der Waals surface area contributed by atoms with E-state index in [0.717, 1.165) is 11.8 Å². The molecule has 0 aliphatic heterocycles. The number of para-hydroxylation sites is 1. The van der Waals surface area contributed by atoms with Gasteiger partial charge in [0.25, 0.3) is 5.56 Å². The highest BCUT2D eigenvalue weighted by molar-refractivity contribution is 5.93. The standard InChI is InChI=1S/C22H20N6O3/c1-12-7-6-10-16-17(12)20(29)28(14-8-4-3-5-9-14)19(26-16)13(2)25-18-15(21(30)31)11-24-22(23)27-18/h3-11,13H,1-2H3,(H,30,31)(H3,23,24,25,27)/t13-/m1/s1. The van der Waals surface area contributed by atoms with Gasteiger partial charge in [-0.05, 0) is 37.6 Å². The molecule has 0 saturated heterocycles. The summed E-state index contributed by atoms with van der Waals surface area (Å²) in [4.78, 5) is 37.6. The molecular formula is C22H20N6O3. The van der Waals surface area contributed by atoms with E-state index < -0.39 is 12.0 Å². The van der Waals surface area contributed by atoms with E-state index in [1.54, 1.807) is 13.0 Å². The van der Waals surface area contributed by atoms with Gasteiger partial charge in [0.15, 0.2) is 0 Å². The molecule has 4 N–H and O–H groups in total. The molecule has 0 radical (unpaired) electrons. The lowest BCUT2D eigenvalue weighted by Gasteiger charge is -2.21. The number of rotatable bonds is 5. The van der Waals surface area contributed by atoms with Gasteiger partial charge in [0, 0.05) is 6.20 Å². The molecule has 0 amide bonds.